The minimum Gasteiger partial charge on any atom is -0.295 e. The lowest BCUT2D eigenvalue weighted by Gasteiger charge is -2.31. The van der Waals surface area contributed by atoms with Crippen LogP contribution >= 0.6 is 0 Å². The highest BCUT2D eigenvalue weighted by atomic mass is 16.1. The highest BCUT2D eigenvalue weighted by Crippen LogP contribution is 2.34. The molecule has 158 valence electrons. The third-order valence-corrected chi connectivity index (χ3v) is 5.67. The molecule has 0 aliphatic heterocycles. The molecular weight excluding hydrogens is 364 g/mol. The first-order valence-corrected chi connectivity index (χ1v) is 10.8. The van der Waals surface area contributed by atoms with Crippen LogP contribution in [0.2, 0.25) is 0 Å². The van der Waals surface area contributed by atoms with Crippen molar-refractivity contribution >= 4 is 17.9 Å². The summed E-state index contributed by atoms with van der Waals surface area (Å²) >= 11 is 0. The average Bonchev–Trinajstić information content (AvgIpc) is 2.66. The zero-order valence-corrected chi connectivity index (χ0v) is 19.5. The first kappa shape index (κ1) is 23.6. The summed E-state index contributed by atoms with van der Waals surface area (Å²) in [5.74, 6) is 0.454. The van der Waals surface area contributed by atoms with Crippen molar-refractivity contribution in [2.24, 2.45) is 11.3 Å². The molecule has 0 unspecified atom stereocenters. The van der Waals surface area contributed by atoms with Crippen molar-refractivity contribution in [1.82, 2.24) is 0 Å². The van der Waals surface area contributed by atoms with Crippen molar-refractivity contribution in [3.63, 3.8) is 0 Å². The second-order valence-corrected chi connectivity index (χ2v) is 9.50. The van der Waals surface area contributed by atoms with Crippen LogP contribution in [-0.2, 0) is 11.2 Å². The molecule has 0 saturated heterocycles. The predicted molar refractivity (Wildman–Crippen MR) is 132 cm³/mol. The number of benzene rings is 2. The number of carbonyl (C=O) groups is 1. The summed E-state index contributed by atoms with van der Waals surface area (Å²) < 4.78 is 0. The lowest BCUT2D eigenvalue weighted by molar-refractivity contribution is -0.116. The summed E-state index contributed by atoms with van der Waals surface area (Å²) in [6.45, 7) is 17.0. The molecule has 0 aliphatic rings. The first-order chi connectivity index (χ1) is 14.1. The van der Waals surface area contributed by atoms with Gasteiger partial charge in [-0.05, 0) is 72.4 Å². The molecule has 0 heterocycles. The van der Waals surface area contributed by atoms with Crippen LogP contribution in [0.5, 0.6) is 0 Å². The Morgan fingerprint density at radius 2 is 1.67 bits per heavy atom. The lowest BCUT2D eigenvalue weighted by Crippen LogP contribution is -2.25. The molecule has 0 N–H and O–H groups in total. The molecule has 1 heteroatoms. The molecule has 0 amide bonds. The summed E-state index contributed by atoms with van der Waals surface area (Å²) in [6.07, 6.45) is 9.30. The molecule has 2 rings (SSSR count). The van der Waals surface area contributed by atoms with E-state index in [-0.39, 0.29) is 17.1 Å². The van der Waals surface area contributed by atoms with E-state index in [1.54, 1.807) is 6.08 Å². The van der Waals surface area contributed by atoms with Crippen molar-refractivity contribution < 1.29 is 4.79 Å². The molecule has 0 saturated carbocycles. The largest absolute Gasteiger partial charge is 0.295 e. The van der Waals surface area contributed by atoms with Gasteiger partial charge in [0.25, 0.3) is 0 Å². The number of ketones is 1. The number of hydrogen-bond donors (Lipinski definition) is 0. The number of rotatable bonds is 8. The molecule has 2 aromatic carbocycles. The Hall–Kier alpha value is -2.67. The molecule has 2 aromatic rings. The van der Waals surface area contributed by atoms with Crippen LogP contribution in [0.3, 0.4) is 0 Å². The molecular formula is C29H36O. The van der Waals surface area contributed by atoms with Gasteiger partial charge in [-0.25, -0.2) is 0 Å². The normalized spacial score (nSPS) is 13.1. The predicted octanol–water partition coefficient (Wildman–Crippen LogP) is 7.77. The summed E-state index contributed by atoms with van der Waals surface area (Å²) in [5.41, 5.74) is 7.25. The number of carbonyl (C=O) groups excluding carboxylic acids is 1. The zero-order valence-electron chi connectivity index (χ0n) is 19.5. The lowest BCUT2D eigenvalue weighted by atomic mass is 9.74. The Balaban J connectivity index is 2.22. The summed E-state index contributed by atoms with van der Waals surface area (Å²) in [7, 11) is 0. The van der Waals surface area contributed by atoms with Crippen LogP contribution in [0.1, 0.15) is 61.9 Å². The maximum absolute atomic E-state index is 12.7. The molecule has 0 bridgehead atoms. The van der Waals surface area contributed by atoms with Gasteiger partial charge in [0, 0.05) is 6.42 Å². The van der Waals surface area contributed by atoms with Crippen LogP contribution in [0, 0.1) is 25.2 Å². The first-order valence-electron chi connectivity index (χ1n) is 10.8. The Labute approximate surface area is 183 Å². The van der Waals surface area contributed by atoms with E-state index in [0.717, 1.165) is 17.6 Å². The zero-order chi connectivity index (χ0) is 22.3. The fourth-order valence-corrected chi connectivity index (χ4v) is 3.56. The summed E-state index contributed by atoms with van der Waals surface area (Å²) in [4.78, 5) is 12.7. The minimum absolute atomic E-state index is 0.0429. The van der Waals surface area contributed by atoms with Gasteiger partial charge >= 0.3 is 0 Å². The highest BCUT2D eigenvalue weighted by molar-refractivity contribution is 5.93. The van der Waals surface area contributed by atoms with Gasteiger partial charge in [-0.1, -0.05) is 93.6 Å². The van der Waals surface area contributed by atoms with Gasteiger partial charge in [0.1, 0.15) is 0 Å². The smallest absolute Gasteiger partial charge is 0.156 e. The Kier molecular flexibility index (Phi) is 8.17. The van der Waals surface area contributed by atoms with Crippen molar-refractivity contribution in [1.29, 1.82) is 0 Å². The highest BCUT2D eigenvalue weighted by Gasteiger charge is 2.27. The van der Waals surface area contributed by atoms with E-state index in [0.29, 0.717) is 6.42 Å². The van der Waals surface area contributed by atoms with Crippen molar-refractivity contribution in [2.75, 3.05) is 0 Å². The van der Waals surface area contributed by atoms with Gasteiger partial charge in [0.15, 0.2) is 5.78 Å². The number of allylic oxidation sites excluding steroid dienone is 3. The fourth-order valence-electron chi connectivity index (χ4n) is 3.56. The third kappa shape index (κ3) is 7.30. The molecule has 1 atom stereocenters. The molecule has 0 spiro atoms. The van der Waals surface area contributed by atoms with Crippen LogP contribution in [0.4, 0.5) is 0 Å². The number of hydrogen-bond acceptors (Lipinski definition) is 1. The minimum atomic E-state index is 0.0429. The van der Waals surface area contributed by atoms with Gasteiger partial charge in [0.05, 0.1) is 0 Å². The van der Waals surface area contributed by atoms with Gasteiger partial charge < -0.3 is 0 Å². The van der Waals surface area contributed by atoms with E-state index in [4.69, 9.17) is 0 Å². The van der Waals surface area contributed by atoms with Gasteiger partial charge in [-0.15, -0.1) is 0 Å². The third-order valence-electron chi connectivity index (χ3n) is 5.67. The Bertz CT molecular complexity index is 936. The van der Waals surface area contributed by atoms with Gasteiger partial charge in [-0.2, -0.15) is 0 Å². The van der Waals surface area contributed by atoms with E-state index in [2.05, 4.69) is 65.5 Å². The second-order valence-electron chi connectivity index (χ2n) is 9.50. The Morgan fingerprint density at radius 3 is 2.27 bits per heavy atom. The van der Waals surface area contributed by atoms with Crippen LogP contribution < -0.4 is 0 Å². The van der Waals surface area contributed by atoms with Crippen LogP contribution in [0.25, 0.3) is 12.2 Å². The van der Waals surface area contributed by atoms with E-state index in [9.17, 15) is 4.79 Å². The monoisotopic (exact) mass is 400 g/mol. The quantitative estimate of drug-likeness (QED) is 0.327. The van der Waals surface area contributed by atoms with Crippen molar-refractivity contribution in [3.05, 3.63) is 94.6 Å². The van der Waals surface area contributed by atoms with Gasteiger partial charge in [-0.3, -0.25) is 4.79 Å². The molecule has 1 nitrogen and oxygen atoms in total. The SMILES string of the molecule is C=C(C)/C=C\c1cc(C[C@H](CC(=O)/C=C/c2ccccc2)C(C)(C)C)c(C)cc1C. The van der Waals surface area contributed by atoms with Crippen molar-refractivity contribution in [3.8, 4) is 0 Å². The van der Waals surface area contributed by atoms with Crippen LogP contribution in [-0.4, -0.2) is 5.78 Å². The Morgan fingerprint density at radius 1 is 1.00 bits per heavy atom. The summed E-state index contributed by atoms with van der Waals surface area (Å²) in [5, 5.41) is 0. The van der Waals surface area contributed by atoms with E-state index in [1.807, 2.05) is 43.3 Å². The van der Waals surface area contributed by atoms with Crippen molar-refractivity contribution in [2.45, 2.75) is 54.4 Å². The molecule has 0 fully saturated rings. The van der Waals surface area contributed by atoms with E-state index < -0.39 is 0 Å². The van der Waals surface area contributed by atoms with Crippen LogP contribution in [0.15, 0.2) is 66.8 Å². The van der Waals surface area contributed by atoms with E-state index in [1.165, 1.54) is 22.3 Å². The standard InChI is InChI=1S/C29H36O/c1-21(2)13-15-25-18-26(23(4)17-22(25)3)19-27(29(5,6)7)20-28(30)16-14-24-11-9-8-10-12-24/h8-18,27H,1,19-20H2,2-7H3/b15-13-,16-14+/t27-/m1/s1. The maximum atomic E-state index is 12.7. The molecule has 0 aliphatic carbocycles. The average molecular weight is 401 g/mol. The molecule has 0 aromatic heterocycles. The second kappa shape index (κ2) is 10.4. The molecule has 0 radical (unpaired) electrons. The van der Waals surface area contributed by atoms with E-state index >= 15 is 0 Å². The van der Waals surface area contributed by atoms with Gasteiger partial charge in [0.2, 0.25) is 0 Å². The maximum Gasteiger partial charge on any atom is 0.156 e. The topological polar surface area (TPSA) is 17.1 Å². The molecule has 30 heavy (non-hydrogen) atoms. The summed E-state index contributed by atoms with van der Waals surface area (Å²) in [6, 6.07) is 14.5. The fraction of sp³-hybridized carbons (Fsp3) is 0.345. The number of aryl methyl sites for hydroxylation is 2.